The van der Waals surface area contributed by atoms with Crippen LogP contribution in [0.4, 0.5) is 11.4 Å². The normalized spacial score (nSPS) is 15.2. The van der Waals surface area contributed by atoms with Gasteiger partial charge in [0.15, 0.2) is 0 Å². The summed E-state index contributed by atoms with van der Waals surface area (Å²) >= 11 is 0. The van der Waals surface area contributed by atoms with Crippen molar-refractivity contribution in [1.82, 2.24) is 4.98 Å². The molecule has 0 saturated carbocycles. The summed E-state index contributed by atoms with van der Waals surface area (Å²) < 4.78 is 10.7. The standard InChI is InChI=1S/C19H25N3O2/c1-14-10-17(4-7-20-14)22-8-5-15(6-9-22)21-16-11-18(23-2)13-19(12-16)24-3/h4,7,10-13,15,21H,5-6,8-9H2,1-3H3. The third-order valence-corrected chi connectivity index (χ3v) is 4.46. The molecule has 2 heterocycles. The van der Waals surface area contributed by atoms with Crippen LogP contribution in [0.5, 0.6) is 11.5 Å². The minimum absolute atomic E-state index is 0.459. The lowest BCUT2D eigenvalue weighted by Crippen LogP contribution is -2.39. The van der Waals surface area contributed by atoms with Crippen LogP contribution in [0.15, 0.2) is 36.5 Å². The SMILES string of the molecule is COc1cc(NC2CCN(c3ccnc(C)c3)CC2)cc(OC)c1. The Labute approximate surface area is 143 Å². The van der Waals surface area contributed by atoms with Crippen LogP contribution in [-0.2, 0) is 0 Å². The fourth-order valence-corrected chi connectivity index (χ4v) is 3.14. The fourth-order valence-electron chi connectivity index (χ4n) is 3.14. The highest BCUT2D eigenvalue weighted by Crippen LogP contribution is 2.28. The number of benzene rings is 1. The number of ether oxygens (including phenoxy) is 2. The lowest BCUT2D eigenvalue weighted by atomic mass is 10.0. The Balaban J connectivity index is 1.61. The van der Waals surface area contributed by atoms with E-state index in [-0.39, 0.29) is 0 Å². The minimum atomic E-state index is 0.459. The first-order valence-corrected chi connectivity index (χ1v) is 8.35. The quantitative estimate of drug-likeness (QED) is 0.911. The number of hydrogen-bond donors (Lipinski definition) is 1. The van der Waals surface area contributed by atoms with Gasteiger partial charge in [-0.15, -0.1) is 0 Å². The van der Waals surface area contributed by atoms with Gasteiger partial charge in [-0.3, -0.25) is 4.98 Å². The zero-order valence-corrected chi connectivity index (χ0v) is 14.6. The summed E-state index contributed by atoms with van der Waals surface area (Å²) in [4.78, 5) is 6.70. The van der Waals surface area contributed by atoms with Crippen LogP contribution in [0.2, 0.25) is 0 Å². The molecule has 1 fully saturated rings. The maximum atomic E-state index is 5.34. The molecule has 2 aromatic rings. The van der Waals surface area contributed by atoms with Crippen LogP contribution in [0.3, 0.4) is 0 Å². The Hall–Kier alpha value is -2.43. The molecule has 0 atom stereocenters. The van der Waals surface area contributed by atoms with Crippen molar-refractivity contribution in [1.29, 1.82) is 0 Å². The Bertz CT molecular complexity index is 660. The average Bonchev–Trinajstić information content (AvgIpc) is 2.62. The summed E-state index contributed by atoms with van der Waals surface area (Å²) in [6.07, 6.45) is 4.08. The van der Waals surface area contributed by atoms with Crippen molar-refractivity contribution < 1.29 is 9.47 Å². The molecule has 1 saturated heterocycles. The van der Waals surface area contributed by atoms with Gasteiger partial charge in [0.2, 0.25) is 0 Å². The molecule has 24 heavy (non-hydrogen) atoms. The van der Waals surface area contributed by atoms with Crippen molar-refractivity contribution >= 4 is 11.4 Å². The van der Waals surface area contributed by atoms with E-state index in [0.29, 0.717) is 6.04 Å². The Morgan fingerprint density at radius 3 is 2.29 bits per heavy atom. The van der Waals surface area contributed by atoms with Gasteiger partial charge in [-0.05, 0) is 31.9 Å². The van der Waals surface area contributed by atoms with E-state index >= 15 is 0 Å². The Morgan fingerprint density at radius 2 is 1.71 bits per heavy atom. The molecular formula is C19H25N3O2. The summed E-state index contributed by atoms with van der Waals surface area (Å²) in [5, 5.41) is 3.61. The van der Waals surface area contributed by atoms with Gasteiger partial charge in [0.1, 0.15) is 11.5 Å². The van der Waals surface area contributed by atoms with Gasteiger partial charge in [0.05, 0.1) is 14.2 Å². The number of anilines is 2. The number of rotatable bonds is 5. The fraction of sp³-hybridized carbons (Fsp3) is 0.421. The molecule has 128 valence electrons. The van der Waals surface area contributed by atoms with Crippen molar-refractivity contribution in [3.05, 3.63) is 42.2 Å². The van der Waals surface area contributed by atoms with Crippen LogP contribution in [-0.4, -0.2) is 38.3 Å². The van der Waals surface area contributed by atoms with E-state index in [1.807, 2.05) is 31.3 Å². The maximum absolute atomic E-state index is 5.34. The lowest BCUT2D eigenvalue weighted by Gasteiger charge is -2.34. The highest BCUT2D eigenvalue weighted by atomic mass is 16.5. The number of nitrogens with one attached hydrogen (secondary N) is 1. The number of hydrogen-bond acceptors (Lipinski definition) is 5. The molecule has 1 aromatic carbocycles. The number of pyridine rings is 1. The summed E-state index contributed by atoms with van der Waals surface area (Å²) in [6, 6.07) is 10.6. The minimum Gasteiger partial charge on any atom is -0.497 e. The summed E-state index contributed by atoms with van der Waals surface area (Å²) in [5.74, 6) is 1.61. The van der Waals surface area contributed by atoms with Crippen molar-refractivity contribution in [3.8, 4) is 11.5 Å². The largest absolute Gasteiger partial charge is 0.497 e. The van der Waals surface area contributed by atoms with Crippen molar-refractivity contribution in [2.75, 3.05) is 37.5 Å². The molecule has 0 aliphatic carbocycles. The Morgan fingerprint density at radius 1 is 1.04 bits per heavy atom. The highest BCUT2D eigenvalue weighted by Gasteiger charge is 2.20. The lowest BCUT2D eigenvalue weighted by molar-refractivity contribution is 0.394. The van der Waals surface area contributed by atoms with E-state index in [9.17, 15) is 0 Å². The number of nitrogens with zero attached hydrogens (tertiary/aromatic N) is 2. The molecule has 5 heteroatoms. The van der Waals surface area contributed by atoms with Crippen LogP contribution < -0.4 is 19.7 Å². The van der Waals surface area contributed by atoms with Gasteiger partial charge in [-0.25, -0.2) is 0 Å². The second-order valence-corrected chi connectivity index (χ2v) is 6.16. The summed E-state index contributed by atoms with van der Waals surface area (Å²) in [7, 11) is 3.35. The topological polar surface area (TPSA) is 46.6 Å². The van der Waals surface area contributed by atoms with E-state index in [1.54, 1.807) is 14.2 Å². The molecule has 1 aliphatic rings. The van der Waals surface area contributed by atoms with Gasteiger partial charge in [0, 0.05) is 60.6 Å². The first-order chi connectivity index (χ1) is 11.7. The highest BCUT2D eigenvalue weighted by molar-refractivity contribution is 5.54. The zero-order chi connectivity index (χ0) is 16.9. The third-order valence-electron chi connectivity index (χ3n) is 4.46. The average molecular weight is 327 g/mol. The van der Waals surface area contributed by atoms with E-state index < -0.39 is 0 Å². The number of aromatic nitrogens is 1. The van der Waals surface area contributed by atoms with Crippen molar-refractivity contribution in [2.45, 2.75) is 25.8 Å². The molecule has 3 rings (SSSR count). The second-order valence-electron chi connectivity index (χ2n) is 6.16. The molecule has 1 aliphatic heterocycles. The van der Waals surface area contributed by atoms with E-state index in [1.165, 1.54) is 5.69 Å². The van der Waals surface area contributed by atoms with Crippen LogP contribution in [0, 0.1) is 6.92 Å². The van der Waals surface area contributed by atoms with E-state index in [4.69, 9.17) is 9.47 Å². The van der Waals surface area contributed by atoms with Crippen molar-refractivity contribution in [3.63, 3.8) is 0 Å². The molecule has 5 nitrogen and oxygen atoms in total. The summed E-state index contributed by atoms with van der Waals surface area (Å²) in [5.41, 5.74) is 3.38. The number of methoxy groups -OCH3 is 2. The molecular weight excluding hydrogens is 302 g/mol. The second kappa shape index (κ2) is 7.43. The first-order valence-electron chi connectivity index (χ1n) is 8.35. The van der Waals surface area contributed by atoms with Gasteiger partial charge < -0.3 is 19.7 Å². The maximum Gasteiger partial charge on any atom is 0.124 e. The van der Waals surface area contributed by atoms with Crippen molar-refractivity contribution in [2.24, 2.45) is 0 Å². The molecule has 0 radical (unpaired) electrons. The van der Waals surface area contributed by atoms with Gasteiger partial charge in [0.25, 0.3) is 0 Å². The van der Waals surface area contributed by atoms with Crippen LogP contribution in [0.25, 0.3) is 0 Å². The number of aryl methyl sites for hydroxylation is 1. The molecule has 1 N–H and O–H groups in total. The predicted octanol–water partition coefficient (Wildman–Crippen LogP) is 3.49. The first kappa shape index (κ1) is 16.4. The molecule has 0 bridgehead atoms. The molecule has 0 amide bonds. The van der Waals surface area contributed by atoms with E-state index in [2.05, 4.69) is 27.3 Å². The van der Waals surface area contributed by atoms with Gasteiger partial charge >= 0.3 is 0 Å². The van der Waals surface area contributed by atoms with Crippen LogP contribution in [0.1, 0.15) is 18.5 Å². The van der Waals surface area contributed by atoms with Gasteiger partial charge in [-0.1, -0.05) is 0 Å². The van der Waals surface area contributed by atoms with E-state index in [0.717, 1.165) is 48.8 Å². The number of piperidine rings is 1. The van der Waals surface area contributed by atoms with Crippen LogP contribution >= 0.6 is 0 Å². The van der Waals surface area contributed by atoms with Gasteiger partial charge in [-0.2, -0.15) is 0 Å². The molecule has 1 aromatic heterocycles. The molecule has 0 unspecified atom stereocenters. The smallest absolute Gasteiger partial charge is 0.124 e. The predicted molar refractivity (Wildman–Crippen MR) is 97.4 cm³/mol. The summed E-state index contributed by atoms with van der Waals surface area (Å²) in [6.45, 7) is 4.12. The Kier molecular flexibility index (Phi) is 5.08. The third kappa shape index (κ3) is 3.91. The molecule has 0 spiro atoms. The monoisotopic (exact) mass is 327 g/mol. The zero-order valence-electron chi connectivity index (χ0n) is 14.6.